The quantitative estimate of drug-likeness (QED) is 0.504. The van der Waals surface area contributed by atoms with Crippen molar-refractivity contribution in [3.05, 3.63) is 63.2 Å². The number of nitro benzene ring substituents is 1. The minimum absolute atomic E-state index is 0.0592. The molecule has 28 heavy (non-hydrogen) atoms. The van der Waals surface area contributed by atoms with Crippen LogP contribution in [-0.4, -0.2) is 52.3 Å². The van der Waals surface area contributed by atoms with Crippen molar-refractivity contribution in [2.24, 2.45) is 0 Å². The normalized spacial score (nSPS) is 16.4. The number of benzene rings is 2. The average Bonchev–Trinajstić information content (AvgIpc) is 3.11. The number of piperazine rings is 1. The van der Waals surface area contributed by atoms with Crippen LogP contribution >= 0.6 is 22.9 Å². The highest BCUT2D eigenvalue weighted by atomic mass is 35.5. The molecule has 146 valence electrons. The Balaban J connectivity index is 1.35. The first-order valence-corrected chi connectivity index (χ1v) is 10.2. The third-order valence-corrected chi connectivity index (χ3v) is 6.22. The van der Waals surface area contributed by atoms with Crippen molar-refractivity contribution in [1.82, 2.24) is 9.88 Å². The molecule has 2 aromatic carbocycles. The molecule has 1 fully saturated rings. The van der Waals surface area contributed by atoms with Gasteiger partial charge in [0.1, 0.15) is 6.23 Å². The van der Waals surface area contributed by atoms with Crippen molar-refractivity contribution < 1.29 is 10.0 Å². The van der Waals surface area contributed by atoms with E-state index >= 15 is 0 Å². The molecule has 7 nitrogen and oxygen atoms in total. The van der Waals surface area contributed by atoms with Crippen LogP contribution < -0.4 is 4.90 Å². The average molecular weight is 419 g/mol. The van der Waals surface area contributed by atoms with E-state index in [0.717, 1.165) is 47.1 Å². The first-order valence-electron chi connectivity index (χ1n) is 8.96. The summed E-state index contributed by atoms with van der Waals surface area (Å²) in [7, 11) is 0. The van der Waals surface area contributed by atoms with Crippen molar-refractivity contribution in [2.45, 2.75) is 12.6 Å². The molecular weight excluding hydrogens is 400 g/mol. The molecule has 4 rings (SSSR count). The number of nitro groups is 1. The molecule has 0 bridgehead atoms. The van der Waals surface area contributed by atoms with Gasteiger partial charge in [-0.05, 0) is 23.8 Å². The summed E-state index contributed by atoms with van der Waals surface area (Å²) >= 11 is 7.68. The monoisotopic (exact) mass is 418 g/mol. The van der Waals surface area contributed by atoms with Crippen LogP contribution in [0.4, 0.5) is 10.8 Å². The van der Waals surface area contributed by atoms with E-state index in [1.165, 1.54) is 12.1 Å². The third kappa shape index (κ3) is 4.10. The molecule has 3 aromatic rings. The van der Waals surface area contributed by atoms with Crippen LogP contribution in [0.1, 0.15) is 5.56 Å². The maximum atomic E-state index is 10.7. The molecule has 9 heteroatoms. The van der Waals surface area contributed by atoms with Crippen LogP contribution in [-0.2, 0) is 6.42 Å². The number of anilines is 1. The van der Waals surface area contributed by atoms with Gasteiger partial charge in [-0.25, -0.2) is 4.98 Å². The Labute approximate surface area is 170 Å². The van der Waals surface area contributed by atoms with Gasteiger partial charge in [0.25, 0.3) is 5.69 Å². The number of hydrogen-bond acceptors (Lipinski definition) is 7. The minimum Gasteiger partial charge on any atom is -0.378 e. The second-order valence-electron chi connectivity index (χ2n) is 6.74. The van der Waals surface area contributed by atoms with Gasteiger partial charge >= 0.3 is 0 Å². The number of nitrogens with zero attached hydrogens (tertiary/aromatic N) is 4. The number of aliphatic hydroxyl groups excluding tert-OH is 1. The van der Waals surface area contributed by atoms with Crippen LogP contribution in [0.2, 0.25) is 5.02 Å². The summed E-state index contributed by atoms with van der Waals surface area (Å²) in [6.45, 7) is 3.02. The SMILES string of the molecule is O=[N+]([O-])c1ccc(C[C@@H](O)N2CCN(c3nc4ccc(Cl)cc4s3)CC2)cc1. The molecule has 1 N–H and O–H groups in total. The van der Waals surface area contributed by atoms with Crippen molar-refractivity contribution in [3.8, 4) is 0 Å². The van der Waals surface area contributed by atoms with Crippen molar-refractivity contribution in [3.63, 3.8) is 0 Å². The summed E-state index contributed by atoms with van der Waals surface area (Å²) in [5, 5.41) is 23.0. The molecule has 1 aliphatic heterocycles. The van der Waals surface area contributed by atoms with Crippen LogP contribution in [0.25, 0.3) is 10.2 Å². The standard InChI is InChI=1S/C19H19ClN4O3S/c20-14-3-6-16-17(12-14)28-19(21-16)23-9-7-22(8-10-23)18(25)11-13-1-4-15(5-2-13)24(26)27/h1-6,12,18,25H,7-11H2/t18-/m1/s1. The Morgan fingerprint density at radius 1 is 1.18 bits per heavy atom. The van der Waals surface area contributed by atoms with E-state index in [2.05, 4.69) is 9.88 Å². The molecule has 0 saturated carbocycles. The Bertz CT molecular complexity index is 987. The predicted molar refractivity (Wildman–Crippen MR) is 111 cm³/mol. The highest BCUT2D eigenvalue weighted by Gasteiger charge is 2.24. The lowest BCUT2D eigenvalue weighted by atomic mass is 10.1. The molecule has 0 spiro atoms. The van der Waals surface area contributed by atoms with E-state index in [-0.39, 0.29) is 5.69 Å². The smallest absolute Gasteiger partial charge is 0.269 e. The molecule has 0 unspecified atom stereocenters. The number of aliphatic hydroxyl groups is 1. The lowest BCUT2D eigenvalue weighted by Crippen LogP contribution is -2.51. The van der Waals surface area contributed by atoms with Gasteiger partial charge in [-0.2, -0.15) is 0 Å². The minimum atomic E-state index is -0.613. The summed E-state index contributed by atoms with van der Waals surface area (Å²) in [5.41, 5.74) is 1.89. The second kappa shape index (κ2) is 8.00. The Morgan fingerprint density at radius 3 is 2.57 bits per heavy atom. The van der Waals surface area contributed by atoms with Crippen LogP contribution in [0.3, 0.4) is 0 Å². The van der Waals surface area contributed by atoms with Gasteiger partial charge in [0.05, 0.1) is 15.1 Å². The van der Waals surface area contributed by atoms with Crippen LogP contribution in [0.15, 0.2) is 42.5 Å². The Morgan fingerprint density at radius 2 is 1.89 bits per heavy atom. The lowest BCUT2D eigenvalue weighted by molar-refractivity contribution is -0.384. The largest absolute Gasteiger partial charge is 0.378 e. The zero-order valence-corrected chi connectivity index (χ0v) is 16.6. The zero-order chi connectivity index (χ0) is 19.7. The van der Waals surface area contributed by atoms with Gasteiger partial charge < -0.3 is 10.0 Å². The second-order valence-corrected chi connectivity index (χ2v) is 8.19. The third-order valence-electron chi connectivity index (χ3n) is 4.91. The summed E-state index contributed by atoms with van der Waals surface area (Å²) in [6.07, 6.45) is -0.171. The molecule has 0 amide bonds. The van der Waals surface area contributed by atoms with Gasteiger partial charge in [-0.1, -0.05) is 35.1 Å². The topological polar surface area (TPSA) is 82.7 Å². The van der Waals surface area contributed by atoms with Gasteiger partial charge in [-0.15, -0.1) is 0 Å². The van der Waals surface area contributed by atoms with Crippen LogP contribution in [0.5, 0.6) is 0 Å². The number of rotatable bonds is 5. The molecule has 1 saturated heterocycles. The van der Waals surface area contributed by atoms with Gasteiger partial charge in [0.2, 0.25) is 0 Å². The van der Waals surface area contributed by atoms with E-state index in [4.69, 9.17) is 11.6 Å². The summed E-state index contributed by atoms with van der Waals surface area (Å²) in [4.78, 5) is 19.3. The Hall–Kier alpha value is -2.26. The molecule has 1 atom stereocenters. The molecule has 1 aromatic heterocycles. The fourth-order valence-corrected chi connectivity index (χ4v) is 4.62. The van der Waals surface area contributed by atoms with Crippen molar-refractivity contribution >= 4 is 44.0 Å². The Kier molecular flexibility index (Phi) is 5.45. The highest BCUT2D eigenvalue weighted by Crippen LogP contribution is 2.31. The van der Waals surface area contributed by atoms with Crippen LogP contribution in [0, 0.1) is 10.1 Å². The van der Waals surface area contributed by atoms with E-state index in [0.29, 0.717) is 11.4 Å². The van der Waals surface area contributed by atoms with E-state index in [1.807, 2.05) is 23.1 Å². The van der Waals surface area contributed by atoms with E-state index < -0.39 is 11.2 Å². The molecule has 0 aliphatic carbocycles. The van der Waals surface area contributed by atoms with Crippen molar-refractivity contribution in [2.75, 3.05) is 31.1 Å². The maximum Gasteiger partial charge on any atom is 0.269 e. The molecule has 0 radical (unpaired) electrons. The number of aromatic nitrogens is 1. The molecule has 2 heterocycles. The first-order chi connectivity index (χ1) is 13.5. The number of halogens is 1. The molecular formula is C19H19ClN4O3S. The van der Waals surface area contributed by atoms with Crippen molar-refractivity contribution in [1.29, 1.82) is 0 Å². The summed E-state index contributed by atoms with van der Waals surface area (Å²) in [6, 6.07) is 12.1. The van der Waals surface area contributed by atoms with Gasteiger partial charge in [0.15, 0.2) is 5.13 Å². The number of hydrogen-bond donors (Lipinski definition) is 1. The lowest BCUT2D eigenvalue weighted by Gasteiger charge is -2.37. The summed E-state index contributed by atoms with van der Waals surface area (Å²) < 4.78 is 1.07. The van der Waals surface area contributed by atoms with Gasteiger partial charge in [0, 0.05) is 49.8 Å². The zero-order valence-electron chi connectivity index (χ0n) is 15.0. The fourth-order valence-electron chi connectivity index (χ4n) is 3.33. The fraction of sp³-hybridized carbons (Fsp3) is 0.316. The first kappa shape index (κ1) is 19.1. The highest BCUT2D eigenvalue weighted by molar-refractivity contribution is 7.22. The van der Waals surface area contributed by atoms with Gasteiger partial charge in [-0.3, -0.25) is 15.0 Å². The maximum absolute atomic E-state index is 10.7. The number of non-ortho nitro benzene ring substituents is 1. The molecule has 1 aliphatic rings. The number of thiazole rings is 1. The predicted octanol–water partition coefficient (Wildman–Crippen LogP) is 3.54. The van der Waals surface area contributed by atoms with E-state index in [9.17, 15) is 15.2 Å². The number of fused-ring (bicyclic) bond motifs is 1. The van der Waals surface area contributed by atoms with E-state index in [1.54, 1.807) is 23.5 Å². The summed E-state index contributed by atoms with van der Waals surface area (Å²) in [5.74, 6) is 0.